The van der Waals surface area contributed by atoms with Gasteiger partial charge in [0.1, 0.15) is 12.0 Å². The van der Waals surface area contributed by atoms with Crippen LogP contribution in [0.25, 0.3) is 11.4 Å². The molecule has 0 unspecified atom stereocenters. The number of nitrogens with zero attached hydrogens (tertiary/aromatic N) is 3. The Hall–Kier alpha value is -4.01. The van der Waals surface area contributed by atoms with Gasteiger partial charge in [-0.1, -0.05) is 38.3 Å². The quantitative estimate of drug-likeness (QED) is 0.133. The normalized spacial score (nSPS) is 10.9. The number of carbonyl (C=O) groups is 1. The summed E-state index contributed by atoms with van der Waals surface area (Å²) in [5, 5.41) is 14.3. The molecule has 4 N–H and O–H groups in total. The number of aromatic nitrogens is 6. The third-order valence-corrected chi connectivity index (χ3v) is 5.86. The number of carbonyl (C=O) groups excluding carboxylic acids is 1. The predicted octanol–water partition coefficient (Wildman–Crippen LogP) is 5.76. The van der Waals surface area contributed by atoms with Gasteiger partial charge >= 0.3 is 0 Å². The molecule has 2 aromatic rings. The van der Waals surface area contributed by atoms with Gasteiger partial charge in [-0.05, 0) is 42.7 Å². The van der Waals surface area contributed by atoms with Crippen LogP contribution in [0.5, 0.6) is 5.75 Å². The molecule has 2 aliphatic rings. The number of aldehydes is 1. The molecular formula is C27H35N7O2. The second-order valence-electron chi connectivity index (χ2n) is 8.82. The van der Waals surface area contributed by atoms with Crippen molar-refractivity contribution < 1.29 is 9.53 Å². The summed E-state index contributed by atoms with van der Waals surface area (Å²) in [5.74, 6) is 1.46. The minimum atomic E-state index is 0.526. The van der Waals surface area contributed by atoms with Gasteiger partial charge in [0.05, 0.1) is 36.1 Å². The second kappa shape index (κ2) is 13.2. The number of ether oxygens (including phenoxy) is 1. The van der Waals surface area contributed by atoms with Gasteiger partial charge in [0.2, 0.25) is 5.95 Å². The van der Waals surface area contributed by atoms with E-state index in [2.05, 4.69) is 55.7 Å². The molecule has 0 amide bonds. The van der Waals surface area contributed by atoms with Crippen molar-refractivity contribution in [1.29, 1.82) is 0 Å². The summed E-state index contributed by atoms with van der Waals surface area (Å²) in [7, 11) is 0. The molecule has 0 saturated carbocycles. The van der Waals surface area contributed by atoms with Crippen molar-refractivity contribution in [3.8, 4) is 17.1 Å². The maximum absolute atomic E-state index is 10.4. The van der Waals surface area contributed by atoms with Crippen molar-refractivity contribution in [2.75, 3.05) is 11.9 Å². The van der Waals surface area contributed by atoms with Crippen molar-refractivity contribution >= 4 is 17.9 Å². The molecule has 0 saturated heterocycles. The molecule has 0 spiro atoms. The van der Waals surface area contributed by atoms with Gasteiger partial charge in [-0.15, -0.1) is 0 Å². The Morgan fingerprint density at radius 1 is 1.00 bits per heavy atom. The van der Waals surface area contributed by atoms with Crippen LogP contribution in [0.3, 0.4) is 0 Å². The molecule has 1 aromatic heterocycles. The summed E-state index contributed by atoms with van der Waals surface area (Å²) in [4.78, 5) is 18.2. The van der Waals surface area contributed by atoms with Crippen molar-refractivity contribution in [3.63, 3.8) is 0 Å². The van der Waals surface area contributed by atoms with Gasteiger partial charge in [0.25, 0.3) is 0 Å². The van der Waals surface area contributed by atoms with E-state index in [1.807, 2.05) is 35.3 Å². The lowest BCUT2D eigenvalue weighted by Crippen LogP contribution is -2.00. The number of aromatic amines is 3. The lowest BCUT2D eigenvalue weighted by molar-refractivity contribution is -0.108. The number of anilines is 2. The predicted molar refractivity (Wildman–Crippen MR) is 141 cm³/mol. The summed E-state index contributed by atoms with van der Waals surface area (Å²) >= 11 is 0. The topological polar surface area (TPSA) is 116 Å². The Kier molecular flexibility index (Phi) is 9.19. The zero-order valence-corrected chi connectivity index (χ0v) is 20.8. The molecule has 2 aliphatic heterocycles. The first kappa shape index (κ1) is 25.1. The number of unbranched alkanes of at least 4 members (excludes halogenated alkanes) is 4. The first-order valence-corrected chi connectivity index (χ1v) is 12.7. The molecule has 0 aliphatic carbocycles. The number of rotatable bonds is 14. The van der Waals surface area contributed by atoms with Gasteiger partial charge in [0.15, 0.2) is 0 Å². The molecule has 9 nitrogen and oxygen atoms in total. The SMILES string of the molecule is CCCCCCn1cc(Nc2ncc3[nH][nH]c(Cc4ccc(OCCCC=O)cc4)ccc-3[nH]2)cn1. The van der Waals surface area contributed by atoms with E-state index in [0.29, 0.717) is 19.0 Å². The van der Waals surface area contributed by atoms with Gasteiger partial charge in [-0.3, -0.25) is 9.78 Å². The first-order valence-electron chi connectivity index (χ1n) is 12.7. The van der Waals surface area contributed by atoms with E-state index in [9.17, 15) is 4.79 Å². The minimum Gasteiger partial charge on any atom is -0.494 e. The van der Waals surface area contributed by atoms with Crippen molar-refractivity contribution in [2.45, 2.75) is 58.4 Å². The lowest BCUT2D eigenvalue weighted by Gasteiger charge is -2.07. The van der Waals surface area contributed by atoms with Crippen molar-refractivity contribution in [1.82, 2.24) is 29.9 Å². The highest BCUT2D eigenvalue weighted by molar-refractivity contribution is 5.58. The molecule has 3 heterocycles. The van der Waals surface area contributed by atoms with Gasteiger partial charge < -0.3 is 24.9 Å². The first-order chi connectivity index (χ1) is 17.7. The van der Waals surface area contributed by atoms with E-state index in [-0.39, 0.29) is 0 Å². The van der Waals surface area contributed by atoms with Crippen LogP contribution >= 0.6 is 0 Å². The average molecular weight is 490 g/mol. The Morgan fingerprint density at radius 2 is 1.89 bits per heavy atom. The highest BCUT2D eigenvalue weighted by Crippen LogP contribution is 2.20. The Labute approximate surface area is 211 Å². The fraction of sp³-hybridized carbons (Fsp3) is 0.370. The Balaban J connectivity index is 1.37. The Bertz CT molecular complexity index is 1220. The summed E-state index contributed by atoms with van der Waals surface area (Å²) < 4.78 is 7.64. The van der Waals surface area contributed by atoms with Crippen LogP contribution in [0.4, 0.5) is 11.6 Å². The molecule has 36 heavy (non-hydrogen) atoms. The van der Waals surface area contributed by atoms with Crippen LogP contribution < -0.4 is 10.1 Å². The van der Waals surface area contributed by atoms with E-state index in [0.717, 1.165) is 66.2 Å². The van der Waals surface area contributed by atoms with Crippen molar-refractivity contribution in [3.05, 3.63) is 66.2 Å². The van der Waals surface area contributed by atoms with E-state index in [1.165, 1.54) is 19.3 Å². The molecule has 0 fully saturated rings. The van der Waals surface area contributed by atoms with Crippen LogP contribution in [0.1, 0.15) is 56.7 Å². The maximum Gasteiger partial charge on any atom is 0.205 e. The molecule has 0 bridgehead atoms. The third-order valence-electron chi connectivity index (χ3n) is 5.86. The summed E-state index contributed by atoms with van der Waals surface area (Å²) in [6.07, 6.45) is 13.4. The average Bonchev–Trinajstić information content (AvgIpc) is 3.24. The highest BCUT2D eigenvalue weighted by atomic mass is 16.5. The molecule has 0 radical (unpaired) electrons. The molecule has 0 atom stereocenters. The highest BCUT2D eigenvalue weighted by Gasteiger charge is 2.07. The molecule has 190 valence electrons. The minimum absolute atomic E-state index is 0.526. The second-order valence-corrected chi connectivity index (χ2v) is 8.82. The van der Waals surface area contributed by atoms with E-state index in [1.54, 1.807) is 6.20 Å². The molecular weight excluding hydrogens is 454 g/mol. The zero-order chi connectivity index (χ0) is 25.0. The smallest absolute Gasteiger partial charge is 0.205 e. The Morgan fingerprint density at radius 3 is 2.72 bits per heavy atom. The number of hydrogen-bond acceptors (Lipinski definition) is 5. The molecule has 1 aromatic carbocycles. The van der Waals surface area contributed by atoms with Gasteiger partial charge in [-0.25, -0.2) is 4.98 Å². The summed E-state index contributed by atoms with van der Waals surface area (Å²) in [5.41, 5.74) is 4.87. The summed E-state index contributed by atoms with van der Waals surface area (Å²) in [6.45, 7) is 3.69. The fourth-order valence-corrected chi connectivity index (χ4v) is 3.86. The van der Waals surface area contributed by atoms with E-state index < -0.39 is 0 Å². The van der Waals surface area contributed by atoms with E-state index in [4.69, 9.17) is 4.74 Å². The third kappa shape index (κ3) is 7.49. The van der Waals surface area contributed by atoms with E-state index >= 15 is 0 Å². The lowest BCUT2D eigenvalue weighted by atomic mass is 10.1. The standard InChI is InChI=1S/C27H35N7O2/c1-2-3-4-5-14-34-20-23(18-29-34)30-27-28-19-26-25(31-27)13-10-22(32-33-26)17-21-8-11-24(12-9-21)36-16-7-6-15-35/h8-13,15,18-20,32-33H,2-7,14,16-17H2,1H3,(H2,28,30,31). The maximum atomic E-state index is 10.4. The van der Waals surface area contributed by atoms with Crippen LogP contribution in [0.2, 0.25) is 0 Å². The van der Waals surface area contributed by atoms with Crippen LogP contribution in [0, 0.1) is 0 Å². The number of hydrogen-bond donors (Lipinski definition) is 4. The van der Waals surface area contributed by atoms with Crippen molar-refractivity contribution in [2.24, 2.45) is 0 Å². The molecule has 4 rings (SSSR count). The molecule has 9 heteroatoms. The number of fused-ring (bicyclic) bond motifs is 1. The number of H-pyrrole nitrogens is 3. The number of aryl methyl sites for hydroxylation is 1. The fourth-order valence-electron chi connectivity index (χ4n) is 3.86. The summed E-state index contributed by atoms with van der Waals surface area (Å²) in [6, 6.07) is 12.1. The zero-order valence-electron chi connectivity index (χ0n) is 20.8. The van der Waals surface area contributed by atoms with Crippen LogP contribution in [-0.4, -0.2) is 42.8 Å². The van der Waals surface area contributed by atoms with Gasteiger partial charge in [-0.2, -0.15) is 5.10 Å². The van der Waals surface area contributed by atoms with Crippen LogP contribution in [-0.2, 0) is 17.8 Å². The number of nitrogens with one attached hydrogen (secondary N) is 4. The number of benzene rings is 1. The van der Waals surface area contributed by atoms with Gasteiger partial charge in [0, 0.05) is 31.3 Å². The monoisotopic (exact) mass is 489 g/mol. The van der Waals surface area contributed by atoms with Crippen LogP contribution in [0.15, 0.2) is 55.0 Å². The largest absolute Gasteiger partial charge is 0.494 e.